The van der Waals surface area contributed by atoms with E-state index in [1.165, 1.54) is 6.08 Å². The first kappa shape index (κ1) is 17.4. The van der Waals surface area contributed by atoms with Gasteiger partial charge in [-0.25, -0.2) is 9.97 Å². The highest BCUT2D eigenvalue weighted by Gasteiger charge is 2.32. The fourth-order valence-corrected chi connectivity index (χ4v) is 3.95. The molecule has 0 aliphatic carbocycles. The van der Waals surface area contributed by atoms with E-state index in [0.717, 1.165) is 22.2 Å². The Bertz CT molecular complexity index is 1350. The second kappa shape index (κ2) is 6.13. The number of likely N-dealkylation sites (tertiary alicyclic amines) is 1. The molecule has 0 spiro atoms. The van der Waals surface area contributed by atoms with Gasteiger partial charge < -0.3 is 9.47 Å². The number of fused-ring (bicyclic) bond motifs is 2. The van der Waals surface area contributed by atoms with Gasteiger partial charge in [0.1, 0.15) is 5.82 Å². The SMILES string of the molecule is C=CC(=O)N1CC(n2cnc3c(=O)n(-c4c(C)ccc5[nH]ncc45)c(C)nc32)C1. The number of carbonyl (C=O) groups is 1. The predicted octanol–water partition coefficient (Wildman–Crippen LogP) is 1.64. The number of H-pyrrole nitrogens is 1. The summed E-state index contributed by atoms with van der Waals surface area (Å²) >= 11 is 0. The molecule has 3 aromatic heterocycles. The van der Waals surface area contributed by atoms with E-state index in [1.54, 1.807) is 22.0 Å². The maximum absolute atomic E-state index is 13.4. The van der Waals surface area contributed by atoms with Crippen LogP contribution in [0, 0.1) is 13.8 Å². The van der Waals surface area contributed by atoms with E-state index >= 15 is 0 Å². The maximum atomic E-state index is 13.4. The average molecular weight is 389 g/mol. The van der Waals surface area contributed by atoms with Gasteiger partial charge in [-0.2, -0.15) is 5.10 Å². The average Bonchev–Trinajstić information content (AvgIpc) is 3.29. The zero-order chi connectivity index (χ0) is 20.3. The number of rotatable bonds is 3. The van der Waals surface area contributed by atoms with Crippen molar-refractivity contribution in [3.05, 3.63) is 59.1 Å². The highest BCUT2D eigenvalue weighted by atomic mass is 16.2. The summed E-state index contributed by atoms with van der Waals surface area (Å²) in [6.45, 7) is 8.38. The number of nitrogens with one attached hydrogen (secondary N) is 1. The summed E-state index contributed by atoms with van der Waals surface area (Å²) < 4.78 is 3.48. The molecule has 0 saturated carbocycles. The first-order chi connectivity index (χ1) is 14.0. The Labute approximate surface area is 165 Å². The lowest BCUT2D eigenvalue weighted by Gasteiger charge is -2.39. The number of aromatic nitrogens is 6. The third-order valence-corrected chi connectivity index (χ3v) is 5.53. The maximum Gasteiger partial charge on any atom is 0.286 e. The van der Waals surface area contributed by atoms with Crippen molar-refractivity contribution >= 4 is 28.0 Å². The smallest absolute Gasteiger partial charge is 0.286 e. The van der Waals surface area contributed by atoms with Crippen molar-refractivity contribution in [2.45, 2.75) is 19.9 Å². The van der Waals surface area contributed by atoms with Crippen LogP contribution in [0.15, 0.2) is 42.1 Å². The summed E-state index contributed by atoms with van der Waals surface area (Å²) in [5.74, 6) is 0.472. The van der Waals surface area contributed by atoms with Crippen LogP contribution in [0.5, 0.6) is 0 Å². The van der Waals surface area contributed by atoms with Gasteiger partial charge in [-0.1, -0.05) is 12.6 Å². The van der Waals surface area contributed by atoms with Crippen LogP contribution in [0.25, 0.3) is 27.8 Å². The lowest BCUT2D eigenvalue weighted by molar-refractivity contribution is -0.131. The molecule has 0 radical (unpaired) electrons. The number of aromatic amines is 1. The summed E-state index contributed by atoms with van der Waals surface area (Å²) in [6, 6.07) is 3.93. The number of nitrogens with zero attached hydrogens (tertiary/aromatic N) is 6. The van der Waals surface area contributed by atoms with Gasteiger partial charge in [0.2, 0.25) is 5.91 Å². The summed E-state index contributed by atoms with van der Waals surface area (Å²) in [7, 11) is 0. The Hall–Kier alpha value is -3.75. The van der Waals surface area contributed by atoms with Gasteiger partial charge in [-0.3, -0.25) is 19.3 Å². The predicted molar refractivity (Wildman–Crippen MR) is 108 cm³/mol. The minimum Gasteiger partial charge on any atom is -0.335 e. The Morgan fingerprint density at radius 1 is 1.31 bits per heavy atom. The molecule has 1 aromatic carbocycles. The van der Waals surface area contributed by atoms with Crippen molar-refractivity contribution in [1.82, 2.24) is 34.2 Å². The third kappa shape index (κ3) is 2.43. The number of hydrogen-bond donors (Lipinski definition) is 1. The van der Waals surface area contributed by atoms with Crippen LogP contribution in [0.1, 0.15) is 17.4 Å². The number of carbonyl (C=O) groups excluding carboxylic acids is 1. The number of benzene rings is 1. The highest BCUT2D eigenvalue weighted by molar-refractivity contribution is 5.89. The van der Waals surface area contributed by atoms with Crippen molar-refractivity contribution in [2.75, 3.05) is 13.1 Å². The molecule has 1 aliphatic rings. The molecule has 1 aliphatic heterocycles. The molecule has 4 heterocycles. The largest absolute Gasteiger partial charge is 0.335 e. The molecule has 0 atom stereocenters. The molecular weight excluding hydrogens is 370 g/mol. The summed E-state index contributed by atoms with van der Waals surface area (Å²) in [5, 5.41) is 7.90. The van der Waals surface area contributed by atoms with E-state index < -0.39 is 0 Å². The molecule has 1 saturated heterocycles. The molecule has 29 heavy (non-hydrogen) atoms. The molecule has 4 aromatic rings. The Morgan fingerprint density at radius 2 is 2.10 bits per heavy atom. The first-order valence-electron chi connectivity index (χ1n) is 9.30. The topological polar surface area (TPSA) is 102 Å². The molecule has 1 N–H and O–H groups in total. The van der Waals surface area contributed by atoms with Crippen molar-refractivity contribution in [3.63, 3.8) is 0 Å². The molecule has 9 nitrogen and oxygen atoms in total. The molecule has 0 bridgehead atoms. The number of amides is 1. The van der Waals surface area contributed by atoms with E-state index in [2.05, 4.69) is 21.8 Å². The van der Waals surface area contributed by atoms with Crippen molar-refractivity contribution in [2.24, 2.45) is 0 Å². The van der Waals surface area contributed by atoms with Crippen LogP contribution in [0.2, 0.25) is 0 Å². The molecule has 9 heteroatoms. The van der Waals surface area contributed by atoms with E-state index in [-0.39, 0.29) is 17.5 Å². The fraction of sp³-hybridized carbons (Fsp3) is 0.250. The van der Waals surface area contributed by atoms with E-state index in [1.807, 2.05) is 30.5 Å². The standard InChI is InChI=1S/C20H19N7O2/c1-4-16(28)25-8-13(9-25)26-10-21-17-19(26)23-12(3)27(20(17)29)18-11(2)5-6-15-14(18)7-22-24-15/h4-7,10,13H,1,8-9H2,2-3H3,(H,22,24). The van der Waals surface area contributed by atoms with Gasteiger partial charge in [0.05, 0.1) is 29.8 Å². The summed E-state index contributed by atoms with van der Waals surface area (Å²) in [4.78, 5) is 35.8. The molecule has 5 rings (SSSR count). The van der Waals surface area contributed by atoms with E-state index in [9.17, 15) is 9.59 Å². The number of hydrogen-bond acceptors (Lipinski definition) is 5. The number of aryl methyl sites for hydroxylation is 2. The monoisotopic (exact) mass is 389 g/mol. The van der Waals surface area contributed by atoms with Gasteiger partial charge in [-0.05, 0) is 31.6 Å². The van der Waals surface area contributed by atoms with Gasteiger partial charge in [0.25, 0.3) is 5.56 Å². The summed E-state index contributed by atoms with van der Waals surface area (Å²) in [6.07, 6.45) is 4.66. The van der Waals surface area contributed by atoms with E-state index in [0.29, 0.717) is 30.1 Å². The van der Waals surface area contributed by atoms with Crippen molar-refractivity contribution < 1.29 is 4.79 Å². The normalized spacial score (nSPS) is 14.5. The Balaban J connectivity index is 1.64. The van der Waals surface area contributed by atoms with Crippen molar-refractivity contribution in [3.8, 4) is 5.69 Å². The lowest BCUT2D eigenvalue weighted by atomic mass is 10.1. The molecule has 1 amide bonds. The van der Waals surface area contributed by atoms with Gasteiger partial charge in [0, 0.05) is 18.5 Å². The van der Waals surface area contributed by atoms with Crippen LogP contribution >= 0.6 is 0 Å². The highest BCUT2D eigenvalue weighted by Crippen LogP contribution is 2.27. The number of imidazole rings is 1. The Kier molecular flexibility index (Phi) is 3.67. The van der Waals surface area contributed by atoms with Crippen LogP contribution in [-0.2, 0) is 4.79 Å². The van der Waals surface area contributed by atoms with E-state index in [4.69, 9.17) is 4.98 Å². The van der Waals surface area contributed by atoms with Crippen LogP contribution < -0.4 is 5.56 Å². The third-order valence-electron chi connectivity index (χ3n) is 5.53. The van der Waals surface area contributed by atoms with Crippen molar-refractivity contribution in [1.29, 1.82) is 0 Å². The van der Waals surface area contributed by atoms with Gasteiger partial charge in [0.15, 0.2) is 11.2 Å². The van der Waals surface area contributed by atoms with Crippen LogP contribution in [0.4, 0.5) is 0 Å². The van der Waals surface area contributed by atoms with Gasteiger partial charge >= 0.3 is 0 Å². The summed E-state index contributed by atoms with van der Waals surface area (Å²) in [5.41, 5.74) is 3.18. The van der Waals surface area contributed by atoms with Gasteiger partial charge in [-0.15, -0.1) is 0 Å². The fourth-order valence-electron chi connectivity index (χ4n) is 3.95. The zero-order valence-corrected chi connectivity index (χ0v) is 16.1. The molecule has 1 fully saturated rings. The quantitative estimate of drug-likeness (QED) is 0.537. The second-order valence-electron chi connectivity index (χ2n) is 7.29. The molecule has 146 valence electrons. The first-order valence-corrected chi connectivity index (χ1v) is 9.30. The van der Waals surface area contributed by atoms with Crippen LogP contribution in [-0.4, -0.2) is 53.2 Å². The Morgan fingerprint density at radius 3 is 2.86 bits per heavy atom. The van der Waals surface area contributed by atoms with Crippen LogP contribution in [0.3, 0.4) is 0 Å². The molecular formula is C20H19N7O2. The minimum atomic E-state index is -0.221. The molecule has 0 unspecified atom stereocenters. The minimum absolute atomic E-state index is 0.0464. The second-order valence-corrected chi connectivity index (χ2v) is 7.29. The zero-order valence-electron chi connectivity index (χ0n) is 16.1. The lowest BCUT2D eigenvalue weighted by Crippen LogP contribution is -2.50.